The van der Waals surface area contributed by atoms with Gasteiger partial charge in [0.25, 0.3) is 0 Å². The van der Waals surface area contributed by atoms with E-state index in [1.165, 1.54) is 7.11 Å². The van der Waals surface area contributed by atoms with Crippen molar-refractivity contribution in [2.75, 3.05) is 7.11 Å². The Morgan fingerprint density at radius 1 is 1.36 bits per heavy atom. The molecule has 1 heterocycles. The summed E-state index contributed by atoms with van der Waals surface area (Å²) in [5.41, 5.74) is 1.18. The van der Waals surface area contributed by atoms with Crippen LogP contribution in [0.4, 0.5) is 0 Å². The van der Waals surface area contributed by atoms with Crippen LogP contribution in [0.1, 0.15) is 41.7 Å². The molecule has 2 atom stereocenters. The molecular formula is C17H18N2O3. The molecule has 5 nitrogen and oxygen atoms in total. The molecule has 1 aromatic carbocycles. The summed E-state index contributed by atoms with van der Waals surface area (Å²) in [6, 6.07) is 11.9. The van der Waals surface area contributed by atoms with Gasteiger partial charge in [0.15, 0.2) is 0 Å². The zero-order valence-electron chi connectivity index (χ0n) is 12.8. The summed E-state index contributed by atoms with van der Waals surface area (Å²) in [6.07, 6.45) is 0. The number of nitrogens with zero attached hydrogens (tertiary/aromatic N) is 1. The molecule has 0 aliphatic heterocycles. The summed E-state index contributed by atoms with van der Waals surface area (Å²) in [5, 5.41) is 12.2. The number of furan rings is 1. The first-order valence-corrected chi connectivity index (χ1v) is 6.95. The number of benzene rings is 1. The van der Waals surface area contributed by atoms with Crippen molar-refractivity contribution in [1.29, 1.82) is 5.26 Å². The Morgan fingerprint density at radius 3 is 2.73 bits per heavy atom. The number of nitriles is 1. The van der Waals surface area contributed by atoms with Crippen LogP contribution in [-0.4, -0.2) is 13.1 Å². The van der Waals surface area contributed by atoms with E-state index >= 15 is 0 Å². The Morgan fingerprint density at radius 2 is 2.14 bits per heavy atom. The zero-order chi connectivity index (χ0) is 16.1. The minimum absolute atomic E-state index is 0.177. The molecule has 0 spiro atoms. The van der Waals surface area contributed by atoms with Crippen molar-refractivity contribution in [2.45, 2.75) is 25.9 Å². The van der Waals surface area contributed by atoms with Crippen LogP contribution in [0, 0.1) is 18.3 Å². The summed E-state index contributed by atoms with van der Waals surface area (Å²) in [4.78, 5) is 12.1. The molecule has 1 N–H and O–H groups in total. The normalized spacial score (nSPS) is 13.2. The number of nitrogens with one attached hydrogen (secondary N) is 1. The average Bonchev–Trinajstić information content (AvgIpc) is 2.98. The van der Waals surface area contributed by atoms with Crippen molar-refractivity contribution < 1.29 is 13.9 Å². The summed E-state index contributed by atoms with van der Waals surface area (Å²) < 4.78 is 10.4. The van der Waals surface area contributed by atoms with Gasteiger partial charge in [-0.3, -0.25) is 5.32 Å². The lowest BCUT2D eigenvalue weighted by Gasteiger charge is -2.20. The van der Waals surface area contributed by atoms with Crippen LogP contribution in [0.25, 0.3) is 0 Å². The fraction of sp³-hybridized carbons (Fsp3) is 0.294. The smallest absolute Gasteiger partial charge is 0.327 e. The third-order valence-electron chi connectivity index (χ3n) is 3.39. The van der Waals surface area contributed by atoms with Crippen LogP contribution >= 0.6 is 0 Å². The molecule has 22 heavy (non-hydrogen) atoms. The summed E-state index contributed by atoms with van der Waals surface area (Å²) in [5.74, 6) is 1.14. The fourth-order valence-corrected chi connectivity index (χ4v) is 2.22. The second kappa shape index (κ2) is 6.92. The first kappa shape index (κ1) is 15.8. The maximum Gasteiger partial charge on any atom is 0.327 e. The van der Waals surface area contributed by atoms with Gasteiger partial charge in [-0.2, -0.15) is 5.26 Å². The van der Waals surface area contributed by atoms with E-state index in [0.717, 1.165) is 11.5 Å². The van der Waals surface area contributed by atoms with Crippen molar-refractivity contribution in [3.63, 3.8) is 0 Å². The molecule has 0 amide bonds. The monoisotopic (exact) mass is 298 g/mol. The van der Waals surface area contributed by atoms with Crippen LogP contribution in [0.2, 0.25) is 0 Å². The lowest BCUT2D eigenvalue weighted by atomic mass is 10.0. The van der Waals surface area contributed by atoms with E-state index < -0.39 is 12.0 Å². The van der Waals surface area contributed by atoms with Gasteiger partial charge < -0.3 is 9.15 Å². The quantitative estimate of drug-likeness (QED) is 0.859. The molecule has 0 bridgehead atoms. The SMILES string of the molecule is COC(=O)[C@@H](N[C@@H](C)c1ccc(C)o1)c1cccc(C#N)c1. The number of ether oxygens (including phenoxy) is 1. The third-order valence-corrected chi connectivity index (χ3v) is 3.39. The van der Waals surface area contributed by atoms with Gasteiger partial charge in [-0.05, 0) is 43.7 Å². The topological polar surface area (TPSA) is 75.3 Å². The number of esters is 1. The van der Waals surface area contributed by atoms with Crippen molar-refractivity contribution >= 4 is 5.97 Å². The number of aryl methyl sites for hydroxylation is 1. The van der Waals surface area contributed by atoms with E-state index in [1.54, 1.807) is 24.3 Å². The Bertz CT molecular complexity index is 700. The van der Waals surface area contributed by atoms with Crippen molar-refractivity contribution in [3.05, 3.63) is 59.0 Å². The van der Waals surface area contributed by atoms with Crippen LogP contribution in [-0.2, 0) is 9.53 Å². The Hall–Kier alpha value is -2.58. The van der Waals surface area contributed by atoms with Crippen LogP contribution < -0.4 is 5.32 Å². The highest BCUT2D eigenvalue weighted by molar-refractivity contribution is 5.77. The van der Waals surface area contributed by atoms with E-state index in [9.17, 15) is 4.79 Å². The molecule has 0 saturated heterocycles. The van der Waals surface area contributed by atoms with E-state index in [-0.39, 0.29) is 6.04 Å². The summed E-state index contributed by atoms with van der Waals surface area (Å²) in [6.45, 7) is 3.77. The Kier molecular flexibility index (Phi) is 4.97. The highest BCUT2D eigenvalue weighted by Gasteiger charge is 2.25. The van der Waals surface area contributed by atoms with Crippen molar-refractivity contribution in [2.24, 2.45) is 0 Å². The first-order valence-electron chi connectivity index (χ1n) is 6.95. The van der Waals surface area contributed by atoms with Gasteiger partial charge in [-0.1, -0.05) is 12.1 Å². The number of rotatable bonds is 5. The maximum atomic E-state index is 12.1. The molecule has 114 valence electrons. The number of methoxy groups -OCH3 is 1. The zero-order valence-corrected chi connectivity index (χ0v) is 12.8. The predicted octanol–water partition coefficient (Wildman–Crippen LogP) is 3.02. The minimum atomic E-state index is -0.668. The van der Waals surface area contributed by atoms with Crippen molar-refractivity contribution in [3.8, 4) is 6.07 Å². The molecule has 0 radical (unpaired) electrons. The lowest BCUT2D eigenvalue weighted by molar-refractivity contribution is -0.143. The molecule has 0 fully saturated rings. The van der Waals surface area contributed by atoms with Gasteiger partial charge in [0.1, 0.15) is 17.6 Å². The van der Waals surface area contributed by atoms with E-state index in [0.29, 0.717) is 11.1 Å². The van der Waals surface area contributed by atoms with Gasteiger partial charge in [0, 0.05) is 0 Å². The van der Waals surface area contributed by atoms with Gasteiger partial charge >= 0.3 is 5.97 Å². The Balaban J connectivity index is 2.26. The molecule has 5 heteroatoms. The second-order valence-corrected chi connectivity index (χ2v) is 5.03. The number of hydrogen-bond acceptors (Lipinski definition) is 5. The molecule has 2 rings (SSSR count). The van der Waals surface area contributed by atoms with E-state index in [2.05, 4.69) is 11.4 Å². The standard InChI is InChI=1S/C17H18N2O3/c1-11-7-8-15(22-11)12(2)19-16(17(20)21-3)14-6-4-5-13(9-14)10-18/h4-9,12,16,19H,1-3H3/t12-,16-/m0/s1. The summed E-state index contributed by atoms with van der Waals surface area (Å²) in [7, 11) is 1.34. The highest BCUT2D eigenvalue weighted by atomic mass is 16.5. The van der Waals surface area contributed by atoms with Crippen LogP contribution in [0.5, 0.6) is 0 Å². The lowest BCUT2D eigenvalue weighted by Crippen LogP contribution is -2.31. The molecule has 2 aromatic rings. The fourth-order valence-electron chi connectivity index (χ4n) is 2.22. The molecule has 1 aromatic heterocycles. The van der Waals surface area contributed by atoms with E-state index in [4.69, 9.17) is 14.4 Å². The summed E-state index contributed by atoms with van der Waals surface area (Å²) >= 11 is 0. The van der Waals surface area contributed by atoms with Crippen LogP contribution in [0.15, 0.2) is 40.8 Å². The van der Waals surface area contributed by atoms with Gasteiger partial charge in [0.2, 0.25) is 0 Å². The van der Waals surface area contributed by atoms with Crippen LogP contribution in [0.3, 0.4) is 0 Å². The molecule has 0 saturated carbocycles. The predicted molar refractivity (Wildman–Crippen MR) is 80.9 cm³/mol. The number of hydrogen-bond donors (Lipinski definition) is 1. The van der Waals surface area contributed by atoms with Gasteiger partial charge in [0.05, 0.1) is 24.8 Å². The number of carbonyl (C=O) groups excluding carboxylic acids is 1. The minimum Gasteiger partial charge on any atom is -0.468 e. The van der Waals surface area contributed by atoms with E-state index in [1.807, 2.05) is 26.0 Å². The van der Waals surface area contributed by atoms with Gasteiger partial charge in [-0.15, -0.1) is 0 Å². The molecular weight excluding hydrogens is 280 g/mol. The number of carbonyl (C=O) groups is 1. The van der Waals surface area contributed by atoms with Gasteiger partial charge in [-0.25, -0.2) is 4.79 Å². The second-order valence-electron chi connectivity index (χ2n) is 5.03. The largest absolute Gasteiger partial charge is 0.468 e. The average molecular weight is 298 g/mol. The van der Waals surface area contributed by atoms with Crippen molar-refractivity contribution in [1.82, 2.24) is 5.32 Å². The first-order chi connectivity index (χ1) is 10.5. The maximum absolute atomic E-state index is 12.1. The highest BCUT2D eigenvalue weighted by Crippen LogP contribution is 2.23. The third kappa shape index (κ3) is 3.54. The molecule has 0 aliphatic carbocycles. The Labute approximate surface area is 129 Å². The molecule has 0 unspecified atom stereocenters. The molecule has 0 aliphatic rings.